The molecule has 0 atom stereocenters. The van der Waals surface area contributed by atoms with Crippen LogP contribution in [0, 0.1) is 0 Å². The average molecular weight is 288 g/mol. The molecule has 3 heterocycles. The van der Waals surface area contributed by atoms with Crippen LogP contribution in [0.4, 0.5) is 0 Å². The number of hydrogen-bond acceptors (Lipinski definition) is 4. The molecule has 1 N–H and O–H groups in total. The van der Waals surface area contributed by atoms with E-state index in [1.165, 1.54) is 0 Å². The largest absolute Gasteiger partial charge is 0.378 e. The summed E-state index contributed by atoms with van der Waals surface area (Å²) < 4.78 is 8.30. The zero-order valence-corrected chi connectivity index (χ0v) is 12.9. The Morgan fingerprint density at radius 1 is 1.38 bits per heavy atom. The van der Waals surface area contributed by atoms with Gasteiger partial charge in [0.25, 0.3) is 0 Å². The van der Waals surface area contributed by atoms with Crippen molar-refractivity contribution in [2.24, 2.45) is 0 Å². The molecule has 21 heavy (non-hydrogen) atoms. The lowest BCUT2D eigenvalue weighted by Crippen LogP contribution is -2.32. The van der Waals surface area contributed by atoms with Crippen molar-refractivity contribution in [3.63, 3.8) is 0 Å². The fourth-order valence-electron chi connectivity index (χ4n) is 3.03. The molecule has 0 aromatic carbocycles. The van der Waals surface area contributed by atoms with Crippen LogP contribution in [-0.4, -0.2) is 40.3 Å². The van der Waals surface area contributed by atoms with Gasteiger partial charge in [-0.15, -0.1) is 0 Å². The van der Waals surface area contributed by atoms with Crippen molar-refractivity contribution in [1.82, 2.24) is 19.9 Å². The Labute approximate surface area is 125 Å². The van der Waals surface area contributed by atoms with Crippen LogP contribution < -0.4 is 5.32 Å². The van der Waals surface area contributed by atoms with Gasteiger partial charge in [-0.1, -0.05) is 0 Å². The number of nitrogens with one attached hydrogen (secondary N) is 1. The van der Waals surface area contributed by atoms with Crippen molar-refractivity contribution < 1.29 is 4.74 Å². The predicted octanol–water partition coefficient (Wildman–Crippen LogP) is 2.32. The Kier molecular flexibility index (Phi) is 4.51. The second-order valence-electron chi connectivity index (χ2n) is 5.93. The van der Waals surface area contributed by atoms with Crippen LogP contribution in [-0.2, 0) is 11.2 Å². The van der Waals surface area contributed by atoms with E-state index in [9.17, 15) is 0 Å². The summed E-state index contributed by atoms with van der Waals surface area (Å²) in [6.45, 7) is 7.27. The second-order valence-corrected chi connectivity index (χ2v) is 5.93. The van der Waals surface area contributed by atoms with E-state index in [4.69, 9.17) is 9.72 Å². The SMILES string of the molecule is CC(C)n1c(CCOC2CCNCC2)nc2cnccc21. The molecular formula is C16H24N4O. The molecule has 0 unspecified atom stereocenters. The van der Waals surface area contributed by atoms with Gasteiger partial charge in [-0.05, 0) is 45.8 Å². The van der Waals surface area contributed by atoms with E-state index in [2.05, 4.69) is 28.7 Å². The van der Waals surface area contributed by atoms with Crippen LogP contribution >= 0.6 is 0 Å². The molecule has 114 valence electrons. The molecule has 0 radical (unpaired) electrons. The number of pyridine rings is 1. The van der Waals surface area contributed by atoms with Crippen molar-refractivity contribution in [3.8, 4) is 0 Å². The number of hydrogen-bond donors (Lipinski definition) is 1. The maximum atomic E-state index is 6.01. The van der Waals surface area contributed by atoms with E-state index in [1.807, 2.05) is 18.5 Å². The van der Waals surface area contributed by atoms with Crippen LogP contribution in [0.3, 0.4) is 0 Å². The van der Waals surface area contributed by atoms with Crippen molar-refractivity contribution in [1.29, 1.82) is 0 Å². The van der Waals surface area contributed by atoms with E-state index in [-0.39, 0.29) is 0 Å². The normalized spacial score (nSPS) is 16.9. The van der Waals surface area contributed by atoms with Gasteiger partial charge in [0.05, 0.1) is 24.4 Å². The predicted molar refractivity (Wildman–Crippen MR) is 83.5 cm³/mol. The summed E-state index contributed by atoms with van der Waals surface area (Å²) >= 11 is 0. The topological polar surface area (TPSA) is 52.0 Å². The molecule has 1 fully saturated rings. The summed E-state index contributed by atoms with van der Waals surface area (Å²) in [7, 11) is 0. The molecule has 0 saturated carbocycles. The molecule has 2 aromatic rings. The summed E-state index contributed by atoms with van der Waals surface area (Å²) in [5.74, 6) is 1.10. The van der Waals surface area contributed by atoms with E-state index in [1.54, 1.807) is 0 Å². The zero-order chi connectivity index (χ0) is 14.7. The minimum atomic E-state index is 0.395. The van der Waals surface area contributed by atoms with Gasteiger partial charge in [0.1, 0.15) is 11.3 Å². The Balaban J connectivity index is 1.69. The molecule has 5 heteroatoms. The summed E-state index contributed by atoms with van der Waals surface area (Å²) in [5, 5.41) is 3.36. The maximum Gasteiger partial charge on any atom is 0.112 e. The third kappa shape index (κ3) is 3.24. The minimum Gasteiger partial charge on any atom is -0.378 e. The quantitative estimate of drug-likeness (QED) is 0.917. The monoisotopic (exact) mass is 288 g/mol. The van der Waals surface area contributed by atoms with Gasteiger partial charge >= 0.3 is 0 Å². The summed E-state index contributed by atoms with van der Waals surface area (Å²) in [6.07, 6.45) is 7.17. The van der Waals surface area contributed by atoms with Crippen LogP contribution in [0.2, 0.25) is 0 Å². The first-order valence-electron chi connectivity index (χ1n) is 7.89. The Morgan fingerprint density at radius 3 is 2.95 bits per heavy atom. The van der Waals surface area contributed by atoms with Crippen molar-refractivity contribution in [2.45, 2.75) is 45.3 Å². The first kappa shape index (κ1) is 14.5. The van der Waals surface area contributed by atoms with Gasteiger partial charge in [0.2, 0.25) is 0 Å². The van der Waals surface area contributed by atoms with Crippen molar-refractivity contribution >= 4 is 11.0 Å². The van der Waals surface area contributed by atoms with Crippen LogP contribution in [0.1, 0.15) is 38.6 Å². The average Bonchev–Trinajstić information content (AvgIpc) is 2.86. The van der Waals surface area contributed by atoms with Gasteiger partial charge in [-0.3, -0.25) is 4.98 Å². The number of imidazole rings is 1. The molecule has 0 bridgehead atoms. The summed E-state index contributed by atoms with van der Waals surface area (Å²) in [6, 6.07) is 2.44. The molecular weight excluding hydrogens is 264 g/mol. The molecule has 0 aliphatic carbocycles. The highest BCUT2D eigenvalue weighted by Gasteiger charge is 2.16. The van der Waals surface area contributed by atoms with Gasteiger partial charge < -0.3 is 14.6 Å². The number of ether oxygens (including phenoxy) is 1. The maximum absolute atomic E-state index is 6.01. The number of nitrogens with zero attached hydrogens (tertiary/aromatic N) is 3. The lowest BCUT2D eigenvalue weighted by Gasteiger charge is -2.23. The molecule has 0 amide bonds. The highest BCUT2D eigenvalue weighted by atomic mass is 16.5. The number of fused-ring (bicyclic) bond motifs is 1. The Morgan fingerprint density at radius 2 is 2.19 bits per heavy atom. The van der Waals surface area contributed by atoms with E-state index in [0.29, 0.717) is 12.1 Å². The van der Waals surface area contributed by atoms with E-state index in [0.717, 1.165) is 55.8 Å². The lowest BCUT2D eigenvalue weighted by atomic mass is 10.1. The van der Waals surface area contributed by atoms with Crippen LogP contribution in [0.15, 0.2) is 18.5 Å². The molecule has 3 rings (SSSR count). The second kappa shape index (κ2) is 6.54. The van der Waals surface area contributed by atoms with Crippen molar-refractivity contribution in [2.75, 3.05) is 19.7 Å². The Hall–Kier alpha value is -1.46. The van der Waals surface area contributed by atoms with Gasteiger partial charge in [-0.2, -0.15) is 0 Å². The van der Waals surface area contributed by atoms with Gasteiger partial charge in [0, 0.05) is 18.7 Å². The summed E-state index contributed by atoms with van der Waals surface area (Å²) in [4.78, 5) is 8.89. The van der Waals surface area contributed by atoms with Crippen LogP contribution in [0.25, 0.3) is 11.0 Å². The number of rotatable bonds is 5. The zero-order valence-electron chi connectivity index (χ0n) is 12.9. The van der Waals surface area contributed by atoms with E-state index < -0.39 is 0 Å². The highest BCUT2D eigenvalue weighted by molar-refractivity contribution is 5.74. The third-order valence-corrected chi connectivity index (χ3v) is 4.05. The number of aromatic nitrogens is 3. The fourth-order valence-corrected chi connectivity index (χ4v) is 3.03. The minimum absolute atomic E-state index is 0.395. The molecule has 1 aliphatic heterocycles. The first-order valence-corrected chi connectivity index (χ1v) is 7.89. The smallest absolute Gasteiger partial charge is 0.112 e. The molecule has 5 nitrogen and oxygen atoms in total. The lowest BCUT2D eigenvalue weighted by molar-refractivity contribution is 0.0339. The molecule has 1 aliphatic rings. The van der Waals surface area contributed by atoms with Crippen LogP contribution in [0.5, 0.6) is 0 Å². The summed E-state index contributed by atoms with van der Waals surface area (Å²) in [5.41, 5.74) is 2.14. The molecule has 2 aromatic heterocycles. The van der Waals surface area contributed by atoms with Crippen molar-refractivity contribution in [3.05, 3.63) is 24.3 Å². The fraction of sp³-hybridized carbons (Fsp3) is 0.625. The standard InChI is InChI=1S/C16H24N4O/c1-12(2)20-15-5-9-18-11-14(15)19-16(20)6-10-21-13-3-7-17-8-4-13/h5,9,11-13,17H,3-4,6-8,10H2,1-2H3. The number of piperidine rings is 1. The highest BCUT2D eigenvalue weighted by Crippen LogP contribution is 2.20. The Bertz CT molecular complexity index is 587. The first-order chi connectivity index (χ1) is 10.3. The third-order valence-electron chi connectivity index (χ3n) is 4.05. The van der Waals surface area contributed by atoms with Gasteiger partial charge in [0.15, 0.2) is 0 Å². The molecule has 1 saturated heterocycles. The molecule has 0 spiro atoms. The van der Waals surface area contributed by atoms with E-state index >= 15 is 0 Å². The van der Waals surface area contributed by atoms with Gasteiger partial charge in [-0.25, -0.2) is 4.98 Å².